The molecular formula is C13H12FNO. The van der Waals surface area contributed by atoms with E-state index >= 15 is 0 Å². The maximum Gasteiger partial charge on any atom is 0.169 e. The summed E-state index contributed by atoms with van der Waals surface area (Å²) in [4.78, 5) is 14.7. The molecule has 1 heterocycles. The number of carbonyl (C=O) groups excluding carboxylic acids is 1. The van der Waals surface area contributed by atoms with Crippen LogP contribution in [0, 0.1) is 12.7 Å². The highest BCUT2D eigenvalue weighted by molar-refractivity contribution is 5.98. The SMILES string of the molecule is Cc1c[nH]cc1C(=O)Cc1cccc(F)c1. The minimum Gasteiger partial charge on any atom is -0.367 e. The van der Waals surface area contributed by atoms with Crippen LogP contribution in [0.4, 0.5) is 4.39 Å². The first-order valence-electron chi connectivity index (χ1n) is 5.08. The highest BCUT2D eigenvalue weighted by Gasteiger charge is 2.10. The predicted molar refractivity (Wildman–Crippen MR) is 60.0 cm³/mol. The maximum atomic E-state index is 12.9. The van der Waals surface area contributed by atoms with Gasteiger partial charge in [-0.15, -0.1) is 0 Å². The van der Waals surface area contributed by atoms with E-state index in [4.69, 9.17) is 0 Å². The number of aromatic amines is 1. The summed E-state index contributed by atoms with van der Waals surface area (Å²) in [6, 6.07) is 6.13. The number of H-pyrrole nitrogens is 1. The van der Waals surface area contributed by atoms with Gasteiger partial charge >= 0.3 is 0 Å². The Bertz CT molecular complexity index is 516. The molecule has 0 unspecified atom stereocenters. The van der Waals surface area contributed by atoms with E-state index in [2.05, 4.69) is 4.98 Å². The Morgan fingerprint density at radius 1 is 1.38 bits per heavy atom. The van der Waals surface area contributed by atoms with Crippen molar-refractivity contribution in [2.24, 2.45) is 0 Å². The van der Waals surface area contributed by atoms with E-state index in [0.717, 1.165) is 5.56 Å². The number of nitrogens with one attached hydrogen (secondary N) is 1. The normalized spacial score (nSPS) is 10.4. The zero-order chi connectivity index (χ0) is 11.5. The summed E-state index contributed by atoms with van der Waals surface area (Å²) in [7, 11) is 0. The number of rotatable bonds is 3. The van der Waals surface area contributed by atoms with E-state index in [1.165, 1.54) is 12.1 Å². The van der Waals surface area contributed by atoms with Crippen molar-refractivity contribution in [1.82, 2.24) is 4.98 Å². The lowest BCUT2D eigenvalue weighted by Crippen LogP contribution is -2.03. The fourth-order valence-corrected chi connectivity index (χ4v) is 1.67. The minimum absolute atomic E-state index is 0.00403. The van der Waals surface area contributed by atoms with Crippen LogP contribution >= 0.6 is 0 Å². The molecule has 0 aliphatic heterocycles. The van der Waals surface area contributed by atoms with E-state index in [1.54, 1.807) is 24.5 Å². The Kier molecular flexibility index (Phi) is 2.86. The van der Waals surface area contributed by atoms with Gasteiger partial charge in [0.1, 0.15) is 5.82 Å². The molecule has 0 aliphatic rings. The van der Waals surface area contributed by atoms with Gasteiger partial charge in [-0.3, -0.25) is 4.79 Å². The standard InChI is InChI=1S/C13H12FNO/c1-9-7-15-8-12(9)13(16)6-10-3-2-4-11(14)5-10/h2-5,7-8,15H,6H2,1H3. The first-order chi connectivity index (χ1) is 7.66. The number of aromatic nitrogens is 1. The second kappa shape index (κ2) is 4.31. The van der Waals surface area contributed by atoms with Crippen LogP contribution in [-0.2, 0) is 6.42 Å². The molecule has 1 N–H and O–H groups in total. The van der Waals surface area contributed by atoms with E-state index in [9.17, 15) is 9.18 Å². The third-order valence-corrected chi connectivity index (χ3v) is 2.51. The smallest absolute Gasteiger partial charge is 0.169 e. The highest BCUT2D eigenvalue weighted by atomic mass is 19.1. The van der Waals surface area contributed by atoms with Crippen LogP contribution < -0.4 is 0 Å². The molecule has 0 radical (unpaired) electrons. The first-order valence-corrected chi connectivity index (χ1v) is 5.08. The molecule has 0 bridgehead atoms. The minimum atomic E-state index is -0.309. The molecule has 3 heteroatoms. The first kappa shape index (κ1) is 10.6. The van der Waals surface area contributed by atoms with Crippen LogP contribution in [0.25, 0.3) is 0 Å². The summed E-state index contributed by atoms with van der Waals surface area (Å²) in [5, 5.41) is 0. The zero-order valence-electron chi connectivity index (χ0n) is 8.96. The molecular weight excluding hydrogens is 205 g/mol. The summed E-state index contributed by atoms with van der Waals surface area (Å²) in [6.45, 7) is 1.87. The number of aryl methyl sites for hydroxylation is 1. The number of halogens is 1. The van der Waals surface area contributed by atoms with Crippen LogP contribution in [0.15, 0.2) is 36.7 Å². The second-order valence-electron chi connectivity index (χ2n) is 3.78. The van der Waals surface area contributed by atoms with Gasteiger partial charge in [0.15, 0.2) is 5.78 Å². The Morgan fingerprint density at radius 3 is 2.81 bits per heavy atom. The van der Waals surface area contributed by atoms with Crippen molar-refractivity contribution in [2.75, 3.05) is 0 Å². The Hall–Kier alpha value is -1.90. The zero-order valence-corrected chi connectivity index (χ0v) is 8.96. The monoisotopic (exact) mass is 217 g/mol. The fraction of sp³-hybridized carbons (Fsp3) is 0.154. The van der Waals surface area contributed by atoms with Gasteiger partial charge in [-0.25, -0.2) is 4.39 Å². The molecule has 0 aliphatic carbocycles. The fourth-order valence-electron chi connectivity index (χ4n) is 1.67. The number of ketones is 1. The Morgan fingerprint density at radius 2 is 2.19 bits per heavy atom. The summed E-state index contributed by atoms with van der Waals surface area (Å²) in [5.74, 6) is -0.305. The van der Waals surface area contributed by atoms with Gasteiger partial charge in [-0.05, 0) is 30.2 Å². The van der Waals surface area contributed by atoms with Crippen molar-refractivity contribution in [2.45, 2.75) is 13.3 Å². The van der Waals surface area contributed by atoms with Gasteiger partial charge in [0.05, 0.1) is 0 Å². The van der Waals surface area contributed by atoms with Crippen molar-refractivity contribution >= 4 is 5.78 Å². The number of Topliss-reactive ketones (excluding diaryl/α,β-unsaturated/α-hetero) is 1. The average Bonchev–Trinajstić information content (AvgIpc) is 2.64. The summed E-state index contributed by atoms with van der Waals surface area (Å²) in [5.41, 5.74) is 2.29. The lowest BCUT2D eigenvalue weighted by molar-refractivity contribution is 0.0992. The molecule has 0 fully saturated rings. The van der Waals surface area contributed by atoms with E-state index < -0.39 is 0 Å². The topological polar surface area (TPSA) is 32.9 Å². The lowest BCUT2D eigenvalue weighted by atomic mass is 10.0. The van der Waals surface area contributed by atoms with Gasteiger partial charge in [-0.1, -0.05) is 12.1 Å². The average molecular weight is 217 g/mol. The predicted octanol–water partition coefficient (Wildman–Crippen LogP) is 2.89. The highest BCUT2D eigenvalue weighted by Crippen LogP contribution is 2.12. The quantitative estimate of drug-likeness (QED) is 0.788. The van der Waals surface area contributed by atoms with Gasteiger partial charge in [0.25, 0.3) is 0 Å². The molecule has 16 heavy (non-hydrogen) atoms. The van der Waals surface area contributed by atoms with E-state index in [1.807, 2.05) is 6.92 Å². The van der Waals surface area contributed by atoms with Crippen LogP contribution in [0.5, 0.6) is 0 Å². The molecule has 1 aromatic carbocycles. The molecule has 2 nitrogen and oxygen atoms in total. The molecule has 0 saturated carbocycles. The molecule has 2 rings (SSSR count). The number of carbonyl (C=O) groups is 1. The summed E-state index contributed by atoms with van der Waals surface area (Å²) in [6.07, 6.45) is 3.69. The third-order valence-electron chi connectivity index (χ3n) is 2.51. The molecule has 2 aromatic rings. The number of hydrogen-bond donors (Lipinski definition) is 1. The van der Waals surface area contributed by atoms with Crippen molar-refractivity contribution in [1.29, 1.82) is 0 Å². The number of hydrogen-bond acceptors (Lipinski definition) is 1. The lowest BCUT2D eigenvalue weighted by Gasteiger charge is -2.00. The molecule has 82 valence electrons. The molecule has 0 spiro atoms. The molecule has 1 aromatic heterocycles. The van der Waals surface area contributed by atoms with Gasteiger partial charge in [-0.2, -0.15) is 0 Å². The van der Waals surface area contributed by atoms with E-state index in [-0.39, 0.29) is 18.0 Å². The van der Waals surface area contributed by atoms with Crippen molar-refractivity contribution in [3.05, 3.63) is 59.2 Å². The van der Waals surface area contributed by atoms with Crippen molar-refractivity contribution in [3.8, 4) is 0 Å². The number of benzene rings is 1. The summed E-state index contributed by atoms with van der Waals surface area (Å²) < 4.78 is 12.9. The van der Waals surface area contributed by atoms with Crippen molar-refractivity contribution in [3.63, 3.8) is 0 Å². The molecule has 0 amide bonds. The van der Waals surface area contributed by atoms with Gasteiger partial charge < -0.3 is 4.98 Å². The van der Waals surface area contributed by atoms with Gasteiger partial charge in [0.2, 0.25) is 0 Å². The summed E-state index contributed by atoms with van der Waals surface area (Å²) >= 11 is 0. The molecule has 0 saturated heterocycles. The van der Waals surface area contributed by atoms with Crippen LogP contribution in [0.2, 0.25) is 0 Å². The van der Waals surface area contributed by atoms with Crippen LogP contribution in [0.3, 0.4) is 0 Å². The van der Waals surface area contributed by atoms with Gasteiger partial charge in [0, 0.05) is 24.4 Å². The van der Waals surface area contributed by atoms with E-state index in [0.29, 0.717) is 11.1 Å². The Labute approximate surface area is 93.1 Å². The molecule has 0 atom stereocenters. The third kappa shape index (κ3) is 2.19. The largest absolute Gasteiger partial charge is 0.367 e. The maximum absolute atomic E-state index is 12.9. The van der Waals surface area contributed by atoms with Crippen LogP contribution in [0.1, 0.15) is 21.5 Å². The Balaban J connectivity index is 2.17. The van der Waals surface area contributed by atoms with Crippen LogP contribution in [-0.4, -0.2) is 10.8 Å². The van der Waals surface area contributed by atoms with Crippen molar-refractivity contribution < 1.29 is 9.18 Å². The second-order valence-corrected chi connectivity index (χ2v) is 3.78.